The fourth-order valence-corrected chi connectivity index (χ4v) is 5.82. The van der Waals surface area contributed by atoms with E-state index in [9.17, 15) is 4.79 Å². The molecule has 188 valence electrons. The van der Waals surface area contributed by atoms with E-state index < -0.39 is 0 Å². The topological polar surface area (TPSA) is 54.0 Å². The summed E-state index contributed by atoms with van der Waals surface area (Å²) in [5.74, 6) is 1.75. The molecule has 2 heterocycles. The van der Waals surface area contributed by atoms with Gasteiger partial charge in [-0.1, -0.05) is 43.5 Å². The van der Waals surface area contributed by atoms with Crippen LogP contribution in [0.1, 0.15) is 68.5 Å². The first-order chi connectivity index (χ1) is 17.2. The molecule has 2 fully saturated rings. The second kappa shape index (κ2) is 11.3. The van der Waals surface area contributed by atoms with E-state index in [1.165, 1.54) is 37.7 Å². The van der Waals surface area contributed by atoms with Crippen molar-refractivity contribution in [3.05, 3.63) is 53.6 Å². The van der Waals surface area contributed by atoms with E-state index in [-0.39, 0.29) is 11.9 Å². The van der Waals surface area contributed by atoms with E-state index in [1.54, 1.807) is 0 Å². The molecule has 1 amide bonds. The molecule has 0 aromatic heterocycles. The highest BCUT2D eigenvalue weighted by Crippen LogP contribution is 2.38. The van der Waals surface area contributed by atoms with Crippen molar-refractivity contribution in [2.24, 2.45) is 0 Å². The molecular formula is C29H39N3O3. The van der Waals surface area contributed by atoms with Crippen LogP contribution >= 0.6 is 0 Å². The molecule has 0 bridgehead atoms. The van der Waals surface area contributed by atoms with E-state index in [4.69, 9.17) is 9.47 Å². The maximum absolute atomic E-state index is 13.3. The lowest BCUT2D eigenvalue weighted by Crippen LogP contribution is -2.35. The third-order valence-electron chi connectivity index (χ3n) is 7.79. The monoisotopic (exact) mass is 477 g/mol. The molecule has 6 heteroatoms. The minimum absolute atomic E-state index is 0.0918. The van der Waals surface area contributed by atoms with Crippen LogP contribution in [-0.4, -0.2) is 55.1 Å². The summed E-state index contributed by atoms with van der Waals surface area (Å²) in [6, 6.07) is 15.3. The Bertz CT molecular complexity index is 1000. The second-order valence-corrected chi connectivity index (χ2v) is 10.2. The third-order valence-corrected chi connectivity index (χ3v) is 7.79. The summed E-state index contributed by atoms with van der Waals surface area (Å²) < 4.78 is 11.7. The third kappa shape index (κ3) is 5.75. The van der Waals surface area contributed by atoms with Gasteiger partial charge in [0.15, 0.2) is 11.5 Å². The first kappa shape index (κ1) is 24.0. The summed E-state index contributed by atoms with van der Waals surface area (Å²) in [5, 5.41) is 3.47. The summed E-state index contributed by atoms with van der Waals surface area (Å²) in [6.07, 6.45) is 9.52. The number of para-hydroxylation sites is 1. The minimum atomic E-state index is 0.0918. The molecule has 2 aliphatic heterocycles. The lowest BCUT2D eigenvalue weighted by molar-refractivity contribution is -0.130. The van der Waals surface area contributed by atoms with Gasteiger partial charge in [0.1, 0.15) is 0 Å². The molecule has 1 atom stereocenters. The molecule has 1 saturated carbocycles. The first-order valence-electron chi connectivity index (χ1n) is 13.4. The number of nitrogens with zero attached hydrogens (tertiary/aromatic N) is 2. The highest BCUT2D eigenvalue weighted by Gasteiger charge is 2.30. The SMILES string of the molecule is CN(Cc1ccccc1NCC(=O)N1CCCC1c1ccc2c(c1)OCCCO2)C1CCCCC1. The van der Waals surface area contributed by atoms with Gasteiger partial charge in [-0.15, -0.1) is 0 Å². The Hall–Kier alpha value is -2.73. The maximum atomic E-state index is 13.3. The summed E-state index contributed by atoms with van der Waals surface area (Å²) in [7, 11) is 2.24. The zero-order valence-corrected chi connectivity index (χ0v) is 21.0. The Balaban J connectivity index is 1.22. The molecule has 1 aliphatic carbocycles. The van der Waals surface area contributed by atoms with Gasteiger partial charge in [0.25, 0.3) is 0 Å². The van der Waals surface area contributed by atoms with Crippen LogP contribution in [0.5, 0.6) is 11.5 Å². The van der Waals surface area contributed by atoms with E-state index >= 15 is 0 Å². The van der Waals surface area contributed by atoms with E-state index in [2.05, 4.69) is 47.6 Å². The normalized spacial score (nSPS) is 20.6. The molecule has 0 spiro atoms. The lowest BCUT2D eigenvalue weighted by Gasteiger charge is -2.31. The van der Waals surface area contributed by atoms with E-state index in [1.807, 2.05) is 17.0 Å². The highest BCUT2D eigenvalue weighted by atomic mass is 16.5. The number of hydrogen-bond acceptors (Lipinski definition) is 5. The number of carbonyl (C=O) groups is 1. The largest absolute Gasteiger partial charge is 0.490 e. The summed E-state index contributed by atoms with van der Waals surface area (Å²) in [4.78, 5) is 17.8. The van der Waals surface area contributed by atoms with Crippen molar-refractivity contribution in [3.8, 4) is 11.5 Å². The van der Waals surface area contributed by atoms with Gasteiger partial charge in [-0.25, -0.2) is 0 Å². The molecule has 2 aromatic carbocycles. The van der Waals surface area contributed by atoms with E-state index in [0.29, 0.717) is 25.8 Å². The average Bonchev–Trinajstić information content (AvgIpc) is 3.27. The molecular weight excluding hydrogens is 438 g/mol. The number of nitrogens with one attached hydrogen (secondary N) is 1. The number of hydrogen-bond donors (Lipinski definition) is 1. The average molecular weight is 478 g/mol. The van der Waals surface area contributed by atoms with Crippen LogP contribution in [-0.2, 0) is 11.3 Å². The summed E-state index contributed by atoms with van der Waals surface area (Å²) in [6.45, 7) is 3.37. The van der Waals surface area contributed by atoms with Crippen LogP contribution in [0.25, 0.3) is 0 Å². The molecule has 0 radical (unpaired) electrons. The molecule has 3 aliphatic rings. The number of fused-ring (bicyclic) bond motifs is 1. The maximum Gasteiger partial charge on any atom is 0.242 e. The Morgan fingerprint density at radius 1 is 0.971 bits per heavy atom. The van der Waals surface area contributed by atoms with Gasteiger partial charge in [-0.3, -0.25) is 9.69 Å². The Kier molecular flexibility index (Phi) is 7.77. The quantitative estimate of drug-likeness (QED) is 0.580. The number of ether oxygens (including phenoxy) is 2. The lowest BCUT2D eigenvalue weighted by atomic mass is 9.94. The number of anilines is 1. The van der Waals surface area contributed by atoms with Gasteiger partial charge in [-0.05, 0) is 62.1 Å². The molecule has 1 N–H and O–H groups in total. The molecule has 1 unspecified atom stereocenters. The predicted molar refractivity (Wildman–Crippen MR) is 139 cm³/mol. The molecule has 5 rings (SSSR count). The van der Waals surface area contributed by atoms with Crippen molar-refractivity contribution < 1.29 is 14.3 Å². The fourth-order valence-electron chi connectivity index (χ4n) is 5.82. The van der Waals surface area contributed by atoms with Crippen molar-refractivity contribution in [3.63, 3.8) is 0 Å². The van der Waals surface area contributed by atoms with Gasteiger partial charge < -0.3 is 19.7 Å². The van der Waals surface area contributed by atoms with Crippen LogP contribution in [0.15, 0.2) is 42.5 Å². The smallest absolute Gasteiger partial charge is 0.242 e. The zero-order chi connectivity index (χ0) is 24.0. The Labute approximate surface area is 209 Å². The van der Waals surface area contributed by atoms with Crippen LogP contribution in [0.3, 0.4) is 0 Å². The first-order valence-corrected chi connectivity index (χ1v) is 13.4. The number of benzene rings is 2. The number of amides is 1. The van der Waals surface area contributed by atoms with Gasteiger partial charge in [-0.2, -0.15) is 0 Å². The molecule has 2 aromatic rings. The van der Waals surface area contributed by atoms with Crippen molar-refractivity contribution in [2.45, 2.75) is 70.0 Å². The van der Waals surface area contributed by atoms with Crippen LogP contribution in [0, 0.1) is 0 Å². The minimum Gasteiger partial charge on any atom is -0.490 e. The molecule has 1 saturated heterocycles. The van der Waals surface area contributed by atoms with Gasteiger partial charge in [0.05, 0.1) is 25.8 Å². The Morgan fingerprint density at radius 3 is 2.63 bits per heavy atom. The van der Waals surface area contributed by atoms with Gasteiger partial charge in [0, 0.05) is 31.2 Å². The van der Waals surface area contributed by atoms with Crippen LogP contribution in [0.2, 0.25) is 0 Å². The van der Waals surface area contributed by atoms with Crippen molar-refractivity contribution in [1.82, 2.24) is 9.80 Å². The van der Waals surface area contributed by atoms with Crippen molar-refractivity contribution in [1.29, 1.82) is 0 Å². The summed E-state index contributed by atoms with van der Waals surface area (Å²) in [5.41, 5.74) is 3.46. The van der Waals surface area contributed by atoms with Gasteiger partial charge in [0.2, 0.25) is 5.91 Å². The molecule has 6 nitrogen and oxygen atoms in total. The van der Waals surface area contributed by atoms with Crippen molar-refractivity contribution in [2.75, 3.05) is 38.7 Å². The predicted octanol–water partition coefficient (Wildman–Crippen LogP) is 5.39. The Morgan fingerprint density at radius 2 is 1.77 bits per heavy atom. The molecule has 35 heavy (non-hydrogen) atoms. The standard InChI is InChI=1S/C29H39N3O3/c1-31(24-10-3-2-4-11-24)21-23-9-5-6-12-25(23)30-20-29(33)32-16-7-13-26(32)22-14-15-27-28(19-22)35-18-8-17-34-27/h5-6,9,12,14-15,19,24,26,30H,2-4,7-8,10-11,13,16-18,20-21H2,1H3. The van der Waals surface area contributed by atoms with E-state index in [0.717, 1.165) is 55.1 Å². The van der Waals surface area contributed by atoms with Gasteiger partial charge >= 0.3 is 0 Å². The fraction of sp³-hybridized carbons (Fsp3) is 0.552. The number of rotatable bonds is 7. The zero-order valence-electron chi connectivity index (χ0n) is 21.0. The summed E-state index contributed by atoms with van der Waals surface area (Å²) >= 11 is 0. The number of likely N-dealkylation sites (tertiary alicyclic amines) is 1. The second-order valence-electron chi connectivity index (χ2n) is 10.2. The van der Waals surface area contributed by atoms with Crippen LogP contribution < -0.4 is 14.8 Å². The van der Waals surface area contributed by atoms with Crippen LogP contribution in [0.4, 0.5) is 5.69 Å². The number of carbonyl (C=O) groups excluding carboxylic acids is 1. The van der Waals surface area contributed by atoms with Crippen molar-refractivity contribution >= 4 is 11.6 Å². The highest BCUT2D eigenvalue weighted by molar-refractivity contribution is 5.82.